The minimum Gasteiger partial charge on any atom is -0.490 e. The van der Waals surface area contributed by atoms with Gasteiger partial charge in [-0.1, -0.05) is 39.6 Å². The van der Waals surface area contributed by atoms with Crippen LogP contribution in [0.3, 0.4) is 0 Å². The summed E-state index contributed by atoms with van der Waals surface area (Å²) in [5, 5.41) is 13.4. The monoisotopic (exact) mass is 674 g/mol. The normalized spacial score (nSPS) is 15.3. The molecule has 0 amide bonds. The number of nitrogens with zero attached hydrogens (tertiary/aromatic N) is 3. The number of halogens is 2. The summed E-state index contributed by atoms with van der Waals surface area (Å²) in [5.74, 6) is -1.26. The Labute approximate surface area is 282 Å². The van der Waals surface area contributed by atoms with Crippen LogP contribution < -0.4 is 14.8 Å². The Morgan fingerprint density at radius 1 is 1.04 bits per heavy atom. The highest BCUT2D eigenvalue weighted by Crippen LogP contribution is 2.44. The number of pyridine rings is 1. The lowest BCUT2D eigenvalue weighted by molar-refractivity contribution is -0.00467. The Morgan fingerprint density at radius 2 is 1.75 bits per heavy atom. The Balaban J connectivity index is 1.53. The standard InChI is InChI=1S/C37H44F2N4O4Si/c1-23(2)45-30-11-10-24(16-25(30)20-40)27-21-43(22-44-14-15-48(7,8)9)35-33(27)31(12-13-41-35)46-34-28(38)17-26(18-29(34)39)42-32-19-36(3,4)37(5,6)47-32/h10-13,16-19,21,23,42H,14-15,22H2,1-9H3. The first-order chi connectivity index (χ1) is 22.5. The van der Waals surface area contributed by atoms with Crippen LogP contribution in [0, 0.1) is 28.4 Å². The second-order valence-corrected chi connectivity index (χ2v) is 20.3. The van der Waals surface area contributed by atoms with Crippen molar-refractivity contribution in [2.75, 3.05) is 11.9 Å². The quantitative estimate of drug-likeness (QED) is 0.118. The fraction of sp³-hybridized carbons (Fsp3) is 0.405. The number of ether oxygens (including phenoxy) is 4. The summed E-state index contributed by atoms with van der Waals surface area (Å²) >= 11 is 0. The van der Waals surface area contributed by atoms with Crippen molar-refractivity contribution in [1.29, 1.82) is 5.26 Å². The number of hydrogen-bond donors (Lipinski definition) is 1. The molecule has 48 heavy (non-hydrogen) atoms. The Morgan fingerprint density at radius 3 is 2.35 bits per heavy atom. The van der Waals surface area contributed by atoms with Gasteiger partial charge in [0.1, 0.15) is 35.5 Å². The number of anilines is 1. The van der Waals surface area contributed by atoms with Crippen molar-refractivity contribution in [3.8, 4) is 34.4 Å². The highest BCUT2D eigenvalue weighted by Gasteiger charge is 2.43. The number of rotatable bonds is 12. The molecular weight excluding hydrogens is 631 g/mol. The number of nitrogens with one attached hydrogen (secondary N) is 1. The molecule has 1 aliphatic heterocycles. The maximum Gasteiger partial charge on any atom is 0.198 e. The minimum absolute atomic E-state index is 0.116. The highest BCUT2D eigenvalue weighted by atomic mass is 28.3. The van der Waals surface area contributed by atoms with E-state index < -0.39 is 31.1 Å². The number of hydrogen-bond acceptors (Lipinski definition) is 7. The molecule has 1 aliphatic rings. The molecule has 0 unspecified atom stereocenters. The molecule has 0 saturated carbocycles. The van der Waals surface area contributed by atoms with Gasteiger partial charge < -0.3 is 28.8 Å². The zero-order chi connectivity index (χ0) is 35.0. The SMILES string of the molecule is CC(C)Oc1ccc(-c2cn(COCC[Si](C)(C)C)c3nccc(Oc4c(F)cc(NC5=CC(C)(C)C(C)(C)O5)cc4F)c23)cc1C#N. The van der Waals surface area contributed by atoms with Gasteiger partial charge in [-0.2, -0.15) is 5.26 Å². The number of benzene rings is 2. The average molecular weight is 675 g/mol. The average Bonchev–Trinajstić information content (AvgIpc) is 3.45. The van der Waals surface area contributed by atoms with E-state index in [1.807, 2.05) is 64.4 Å². The van der Waals surface area contributed by atoms with Gasteiger partial charge in [0.2, 0.25) is 0 Å². The Kier molecular flexibility index (Phi) is 9.64. The summed E-state index contributed by atoms with van der Waals surface area (Å²) in [7, 11) is -1.31. The Hall–Kier alpha value is -4.40. The van der Waals surface area contributed by atoms with E-state index in [0.29, 0.717) is 46.0 Å². The summed E-state index contributed by atoms with van der Waals surface area (Å²) in [4.78, 5) is 4.60. The molecular formula is C37H44F2N4O4Si. The molecule has 8 nitrogen and oxygen atoms in total. The van der Waals surface area contributed by atoms with Crippen LogP contribution in [0.4, 0.5) is 14.5 Å². The van der Waals surface area contributed by atoms with Crippen LogP contribution in [0.15, 0.2) is 60.8 Å². The van der Waals surface area contributed by atoms with E-state index >= 15 is 8.78 Å². The zero-order valence-electron chi connectivity index (χ0n) is 29.1. The van der Waals surface area contributed by atoms with Crippen LogP contribution in [0.2, 0.25) is 25.7 Å². The van der Waals surface area contributed by atoms with Crippen molar-refractivity contribution in [2.45, 2.75) is 85.7 Å². The summed E-state index contributed by atoms with van der Waals surface area (Å²) < 4.78 is 56.9. The van der Waals surface area contributed by atoms with Gasteiger partial charge in [0.05, 0.1) is 17.1 Å². The van der Waals surface area contributed by atoms with E-state index in [9.17, 15) is 5.26 Å². The first-order valence-electron chi connectivity index (χ1n) is 16.1. The van der Waals surface area contributed by atoms with Crippen molar-refractivity contribution in [1.82, 2.24) is 9.55 Å². The third-order valence-corrected chi connectivity index (χ3v) is 10.3. The van der Waals surface area contributed by atoms with E-state index in [2.05, 4.69) is 36.0 Å². The van der Waals surface area contributed by atoms with E-state index in [1.54, 1.807) is 18.2 Å². The minimum atomic E-state index is -1.31. The maximum atomic E-state index is 15.6. The molecule has 3 heterocycles. The summed E-state index contributed by atoms with van der Waals surface area (Å²) in [6, 6.07) is 12.4. The fourth-order valence-corrected chi connectivity index (χ4v) is 6.01. The predicted octanol–water partition coefficient (Wildman–Crippen LogP) is 9.83. The van der Waals surface area contributed by atoms with Gasteiger partial charge in [-0.15, -0.1) is 0 Å². The lowest BCUT2D eigenvalue weighted by Gasteiger charge is -2.32. The van der Waals surface area contributed by atoms with Crippen LogP contribution >= 0.6 is 0 Å². The zero-order valence-corrected chi connectivity index (χ0v) is 30.1. The van der Waals surface area contributed by atoms with E-state index in [1.165, 1.54) is 18.3 Å². The van der Waals surface area contributed by atoms with Crippen molar-refractivity contribution in [3.63, 3.8) is 0 Å². The van der Waals surface area contributed by atoms with Crippen LogP contribution in [0.25, 0.3) is 22.2 Å². The molecule has 4 aromatic rings. The van der Waals surface area contributed by atoms with E-state index in [0.717, 1.165) is 6.04 Å². The van der Waals surface area contributed by atoms with Gasteiger partial charge in [-0.3, -0.25) is 0 Å². The smallest absolute Gasteiger partial charge is 0.198 e. The molecule has 0 spiro atoms. The summed E-state index contributed by atoms with van der Waals surface area (Å²) in [6.45, 7) is 19.4. The molecule has 0 radical (unpaired) electrons. The van der Waals surface area contributed by atoms with Gasteiger partial charge in [-0.05, 0) is 63.6 Å². The third kappa shape index (κ3) is 7.50. The third-order valence-electron chi connectivity index (χ3n) is 8.61. The summed E-state index contributed by atoms with van der Waals surface area (Å²) in [6.07, 6.45) is 5.17. The Bertz CT molecular complexity index is 1880. The first-order valence-corrected chi connectivity index (χ1v) is 19.8. The number of aromatic nitrogens is 2. The van der Waals surface area contributed by atoms with Crippen LogP contribution in [-0.2, 0) is 16.2 Å². The lowest BCUT2D eigenvalue weighted by Crippen LogP contribution is -2.35. The molecule has 0 fully saturated rings. The predicted molar refractivity (Wildman–Crippen MR) is 187 cm³/mol. The fourth-order valence-electron chi connectivity index (χ4n) is 5.25. The van der Waals surface area contributed by atoms with Gasteiger partial charge in [0.15, 0.2) is 23.3 Å². The molecule has 2 aromatic carbocycles. The van der Waals surface area contributed by atoms with Crippen molar-refractivity contribution < 1.29 is 27.7 Å². The van der Waals surface area contributed by atoms with Crippen LogP contribution in [0.5, 0.6) is 17.2 Å². The molecule has 5 rings (SSSR count). The van der Waals surface area contributed by atoms with Gasteiger partial charge in [-0.25, -0.2) is 13.8 Å². The molecule has 2 aromatic heterocycles. The molecule has 0 atom stereocenters. The van der Waals surface area contributed by atoms with Gasteiger partial charge in [0.25, 0.3) is 0 Å². The van der Waals surface area contributed by atoms with E-state index in [-0.39, 0.29) is 29.7 Å². The molecule has 1 N–H and O–H groups in total. The maximum absolute atomic E-state index is 15.6. The van der Waals surface area contributed by atoms with Gasteiger partial charge in [0, 0.05) is 55.9 Å². The van der Waals surface area contributed by atoms with Crippen molar-refractivity contribution >= 4 is 24.8 Å². The second kappa shape index (κ2) is 13.2. The van der Waals surface area contributed by atoms with Crippen LogP contribution in [0.1, 0.15) is 47.1 Å². The largest absolute Gasteiger partial charge is 0.490 e. The van der Waals surface area contributed by atoms with E-state index in [4.69, 9.17) is 18.9 Å². The molecule has 254 valence electrons. The molecule has 0 aliphatic carbocycles. The molecule has 11 heteroatoms. The second-order valence-electron chi connectivity index (χ2n) is 14.7. The lowest BCUT2D eigenvalue weighted by atomic mass is 9.79. The van der Waals surface area contributed by atoms with Crippen molar-refractivity contribution in [3.05, 3.63) is 77.9 Å². The molecule has 0 bridgehead atoms. The van der Waals surface area contributed by atoms with Crippen LogP contribution in [-0.4, -0.2) is 35.9 Å². The summed E-state index contributed by atoms with van der Waals surface area (Å²) in [5.41, 5.74) is 1.61. The number of fused-ring (bicyclic) bond motifs is 1. The number of nitriles is 1. The topological polar surface area (TPSA) is 90.6 Å². The van der Waals surface area contributed by atoms with Gasteiger partial charge >= 0.3 is 0 Å². The molecule has 0 saturated heterocycles. The van der Waals surface area contributed by atoms with Crippen molar-refractivity contribution in [2.24, 2.45) is 5.41 Å². The highest BCUT2D eigenvalue weighted by molar-refractivity contribution is 6.76. The first kappa shape index (κ1) is 34.9.